The number of fused-ring (bicyclic) bond motifs is 3. The lowest BCUT2D eigenvalue weighted by molar-refractivity contribution is -0.137. The van der Waals surface area contributed by atoms with Crippen LogP contribution in [0.5, 0.6) is 0 Å². The molecule has 8 heteroatoms. The summed E-state index contributed by atoms with van der Waals surface area (Å²) in [7, 11) is 2.06. The molecule has 1 aliphatic heterocycles. The number of hydrogen-bond acceptors (Lipinski definition) is 4. The molecule has 3 heterocycles. The fraction of sp³-hybridized carbons (Fsp3) is 0.375. The Labute approximate surface area is 136 Å². The van der Waals surface area contributed by atoms with Crippen LogP contribution < -0.4 is 4.90 Å². The first-order valence-corrected chi connectivity index (χ1v) is 7.71. The van der Waals surface area contributed by atoms with Gasteiger partial charge in [0.25, 0.3) is 0 Å². The van der Waals surface area contributed by atoms with Gasteiger partial charge in [-0.1, -0.05) is 0 Å². The molecule has 1 aromatic carbocycles. The van der Waals surface area contributed by atoms with Crippen molar-refractivity contribution in [3.8, 4) is 0 Å². The molecule has 2 aromatic heterocycles. The largest absolute Gasteiger partial charge is 0.416 e. The summed E-state index contributed by atoms with van der Waals surface area (Å²) in [5.41, 5.74) is 0.850. The van der Waals surface area contributed by atoms with Crippen LogP contribution in [0.1, 0.15) is 5.56 Å². The monoisotopic (exact) mass is 335 g/mol. The standard InChI is InChI=1S/C16H16F3N5/c1-22-6-8-23(9-7-22)15-14-20-4-5-24(14)13-10-11(16(17,18)19)2-3-12(13)21-15/h2-5,10H,6-9H2,1H3. The number of nitrogens with zero attached hydrogens (tertiary/aromatic N) is 5. The van der Waals surface area contributed by atoms with Gasteiger partial charge in [0.05, 0.1) is 16.6 Å². The number of rotatable bonds is 1. The fourth-order valence-corrected chi connectivity index (χ4v) is 3.05. The van der Waals surface area contributed by atoms with E-state index in [2.05, 4.69) is 26.8 Å². The lowest BCUT2D eigenvalue weighted by atomic mass is 10.2. The van der Waals surface area contributed by atoms with Crippen molar-refractivity contribution < 1.29 is 13.2 Å². The van der Waals surface area contributed by atoms with Gasteiger partial charge in [-0.3, -0.25) is 4.40 Å². The lowest BCUT2D eigenvalue weighted by Crippen LogP contribution is -2.45. The summed E-state index contributed by atoms with van der Waals surface area (Å²) < 4.78 is 40.7. The molecule has 0 N–H and O–H groups in total. The van der Waals surface area contributed by atoms with Crippen LogP contribution in [0.25, 0.3) is 16.7 Å². The Balaban J connectivity index is 1.88. The van der Waals surface area contributed by atoms with E-state index < -0.39 is 11.7 Å². The van der Waals surface area contributed by atoms with E-state index in [9.17, 15) is 13.2 Å². The van der Waals surface area contributed by atoms with E-state index in [0.717, 1.165) is 44.1 Å². The zero-order chi connectivity index (χ0) is 16.9. The van der Waals surface area contributed by atoms with Crippen molar-refractivity contribution >= 4 is 22.5 Å². The Bertz CT molecular complexity index is 894. The molecule has 24 heavy (non-hydrogen) atoms. The zero-order valence-corrected chi connectivity index (χ0v) is 13.1. The Hall–Kier alpha value is -2.35. The van der Waals surface area contributed by atoms with Gasteiger partial charge >= 0.3 is 6.18 Å². The average molecular weight is 335 g/mol. The van der Waals surface area contributed by atoms with Crippen molar-refractivity contribution in [3.63, 3.8) is 0 Å². The highest BCUT2D eigenvalue weighted by atomic mass is 19.4. The maximum atomic E-state index is 13.0. The van der Waals surface area contributed by atoms with Crippen LogP contribution in [-0.2, 0) is 6.18 Å². The summed E-state index contributed by atoms with van der Waals surface area (Å²) in [5, 5.41) is 0. The van der Waals surface area contributed by atoms with Crippen molar-refractivity contribution in [2.24, 2.45) is 0 Å². The maximum absolute atomic E-state index is 13.0. The molecule has 0 amide bonds. The van der Waals surface area contributed by atoms with E-state index in [0.29, 0.717) is 16.7 Å². The van der Waals surface area contributed by atoms with Gasteiger partial charge in [-0.25, -0.2) is 9.97 Å². The number of benzene rings is 1. The Morgan fingerprint density at radius 3 is 2.54 bits per heavy atom. The van der Waals surface area contributed by atoms with E-state index in [1.165, 1.54) is 6.07 Å². The average Bonchev–Trinajstić information content (AvgIpc) is 3.03. The predicted octanol–water partition coefficient (Wildman–Crippen LogP) is 2.65. The summed E-state index contributed by atoms with van der Waals surface area (Å²) in [5.74, 6) is 0.723. The highest BCUT2D eigenvalue weighted by Crippen LogP contribution is 2.32. The van der Waals surface area contributed by atoms with Gasteiger partial charge in [0.2, 0.25) is 0 Å². The number of halogens is 3. The first kappa shape index (κ1) is 15.2. The normalized spacial score (nSPS) is 17.1. The number of likely N-dealkylation sites (N-methyl/N-ethyl adjacent to an activating group) is 1. The van der Waals surface area contributed by atoms with Gasteiger partial charge in [0, 0.05) is 38.6 Å². The lowest BCUT2D eigenvalue weighted by Gasteiger charge is -2.33. The number of piperazine rings is 1. The number of imidazole rings is 1. The van der Waals surface area contributed by atoms with Crippen LogP contribution in [0.4, 0.5) is 19.0 Å². The maximum Gasteiger partial charge on any atom is 0.416 e. The number of aromatic nitrogens is 3. The SMILES string of the molecule is CN1CCN(c2nc3ccc(C(F)(F)F)cc3n3ccnc23)CC1. The van der Waals surface area contributed by atoms with Crippen molar-refractivity contribution in [1.29, 1.82) is 0 Å². The third kappa shape index (κ3) is 2.47. The molecule has 1 aliphatic rings. The minimum Gasteiger partial charge on any atom is -0.351 e. The molecule has 1 fully saturated rings. The summed E-state index contributed by atoms with van der Waals surface area (Å²) in [4.78, 5) is 13.3. The van der Waals surface area contributed by atoms with Crippen LogP contribution in [-0.4, -0.2) is 52.5 Å². The van der Waals surface area contributed by atoms with Crippen molar-refractivity contribution in [3.05, 3.63) is 36.2 Å². The highest BCUT2D eigenvalue weighted by molar-refractivity contribution is 5.83. The van der Waals surface area contributed by atoms with Crippen LogP contribution in [0, 0.1) is 0 Å². The molecule has 0 unspecified atom stereocenters. The molecular formula is C16H16F3N5. The van der Waals surface area contributed by atoms with E-state index in [-0.39, 0.29) is 0 Å². The molecule has 126 valence electrons. The van der Waals surface area contributed by atoms with Crippen molar-refractivity contribution in [1.82, 2.24) is 19.3 Å². The first-order valence-electron chi connectivity index (χ1n) is 7.71. The van der Waals surface area contributed by atoms with E-state index in [4.69, 9.17) is 0 Å². The number of anilines is 1. The van der Waals surface area contributed by atoms with Crippen molar-refractivity contribution in [2.45, 2.75) is 6.18 Å². The molecule has 5 nitrogen and oxygen atoms in total. The first-order chi connectivity index (χ1) is 11.4. The van der Waals surface area contributed by atoms with Crippen LogP contribution in [0.15, 0.2) is 30.6 Å². The second-order valence-electron chi connectivity index (χ2n) is 6.05. The third-order valence-electron chi connectivity index (χ3n) is 4.43. The number of alkyl halides is 3. The van der Waals surface area contributed by atoms with Gasteiger partial charge in [0.15, 0.2) is 11.5 Å². The Morgan fingerprint density at radius 2 is 1.83 bits per heavy atom. The summed E-state index contributed by atoms with van der Waals surface area (Å²) >= 11 is 0. The molecule has 0 spiro atoms. The molecule has 1 saturated heterocycles. The van der Waals surface area contributed by atoms with Crippen LogP contribution in [0.2, 0.25) is 0 Å². The van der Waals surface area contributed by atoms with E-state index >= 15 is 0 Å². The second-order valence-corrected chi connectivity index (χ2v) is 6.05. The minimum atomic E-state index is -4.38. The zero-order valence-electron chi connectivity index (χ0n) is 13.1. The van der Waals surface area contributed by atoms with Crippen LogP contribution in [0.3, 0.4) is 0 Å². The Kier molecular flexibility index (Phi) is 3.38. The van der Waals surface area contributed by atoms with Gasteiger partial charge in [0.1, 0.15) is 0 Å². The molecule has 4 rings (SSSR count). The minimum absolute atomic E-state index is 0.412. The topological polar surface area (TPSA) is 36.7 Å². The molecule has 0 bridgehead atoms. The van der Waals surface area contributed by atoms with Gasteiger partial charge < -0.3 is 9.80 Å². The van der Waals surface area contributed by atoms with Gasteiger partial charge in [-0.2, -0.15) is 13.2 Å². The van der Waals surface area contributed by atoms with Gasteiger partial charge in [-0.05, 0) is 25.2 Å². The fourth-order valence-electron chi connectivity index (χ4n) is 3.05. The molecule has 3 aromatic rings. The molecule has 0 atom stereocenters. The quantitative estimate of drug-likeness (QED) is 0.685. The number of hydrogen-bond donors (Lipinski definition) is 0. The van der Waals surface area contributed by atoms with E-state index in [1.807, 2.05) is 0 Å². The third-order valence-corrected chi connectivity index (χ3v) is 4.43. The smallest absolute Gasteiger partial charge is 0.351 e. The summed E-state index contributed by atoms with van der Waals surface area (Å²) in [6, 6.07) is 3.63. The molecule has 0 radical (unpaired) electrons. The summed E-state index contributed by atoms with van der Waals surface area (Å²) in [6.45, 7) is 3.47. The highest BCUT2D eigenvalue weighted by Gasteiger charge is 2.31. The van der Waals surface area contributed by atoms with E-state index in [1.54, 1.807) is 16.8 Å². The summed E-state index contributed by atoms with van der Waals surface area (Å²) in [6.07, 6.45) is -1.10. The second kappa shape index (κ2) is 5.34. The molecule has 0 saturated carbocycles. The van der Waals surface area contributed by atoms with Crippen molar-refractivity contribution in [2.75, 3.05) is 38.1 Å². The Morgan fingerprint density at radius 1 is 1.08 bits per heavy atom. The molecule has 0 aliphatic carbocycles. The van der Waals surface area contributed by atoms with Crippen LogP contribution >= 0.6 is 0 Å². The predicted molar refractivity (Wildman–Crippen MR) is 85.2 cm³/mol. The van der Waals surface area contributed by atoms with Gasteiger partial charge in [-0.15, -0.1) is 0 Å². The molecular weight excluding hydrogens is 319 g/mol.